The predicted molar refractivity (Wildman–Crippen MR) is 79.1 cm³/mol. The quantitative estimate of drug-likeness (QED) is 0.753. The molecular weight excluding hydrogens is 320 g/mol. The Morgan fingerprint density at radius 1 is 1.17 bits per heavy atom. The Morgan fingerprint density at radius 2 is 2.00 bits per heavy atom. The molecule has 1 amide bonds. The molecule has 3 rings (SSSR count). The zero-order valence-electron chi connectivity index (χ0n) is 12.3. The van der Waals surface area contributed by atoms with Gasteiger partial charge in [-0.1, -0.05) is 0 Å². The van der Waals surface area contributed by atoms with Crippen molar-refractivity contribution in [1.82, 2.24) is 5.32 Å². The number of carbonyl (C=O) groups is 1. The van der Waals surface area contributed by atoms with E-state index in [1.54, 1.807) is 12.1 Å². The van der Waals surface area contributed by atoms with Crippen molar-refractivity contribution in [3.05, 3.63) is 83.7 Å². The maximum absolute atomic E-state index is 13.2. The van der Waals surface area contributed by atoms with E-state index in [4.69, 9.17) is 8.83 Å². The summed E-state index contributed by atoms with van der Waals surface area (Å²) >= 11 is 0. The van der Waals surface area contributed by atoms with Crippen molar-refractivity contribution >= 4 is 5.91 Å². The number of amides is 1. The summed E-state index contributed by atoms with van der Waals surface area (Å²) in [5.41, 5.74) is -1.35. The summed E-state index contributed by atoms with van der Waals surface area (Å²) in [7, 11) is 0. The molecule has 0 spiro atoms. The molecule has 2 heterocycles. The van der Waals surface area contributed by atoms with E-state index in [0.717, 1.165) is 18.2 Å². The highest BCUT2D eigenvalue weighted by Crippen LogP contribution is 2.29. The standard InChI is InChI=1S/C17H13F2NO4/c18-13-4-3-11(8-14(13)19)16(21)20-10-17(22,12-5-7-23-9-12)15-2-1-6-24-15/h1-9,22H,10H2,(H,20,21). The van der Waals surface area contributed by atoms with Crippen LogP contribution in [-0.2, 0) is 5.60 Å². The van der Waals surface area contributed by atoms with Crippen LogP contribution in [-0.4, -0.2) is 17.6 Å². The lowest BCUT2D eigenvalue weighted by molar-refractivity contribution is 0.0520. The van der Waals surface area contributed by atoms with Gasteiger partial charge in [-0.05, 0) is 36.4 Å². The van der Waals surface area contributed by atoms with Gasteiger partial charge in [-0.2, -0.15) is 0 Å². The molecule has 0 aliphatic carbocycles. The summed E-state index contributed by atoms with van der Waals surface area (Å²) < 4.78 is 36.4. The third-order valence-electron chi connectivity index (χ3n) is 3.61. The fraction of sp³-hybridized carbons (Fsp3) is 0.118. The Labute approximate surface area is 135 Å². The number of furan rings is 2. The molecule has 0 saturated carbocycles. The van der Waals surface area contributed by atoms with Crippen molar-refractivity contribution in [1.29, 1.82) is 0 Å². The number of nitrogens with one attached hydrogen (secondary N) is 1. The zero-order chi connectivity index (χ0) is 17.2. The second kappa shape index (κ2) is 6.29. The second-order valence-electron chi connectivity index (χ2n) is 5.16. The molecule has 5 nitrogen and oxygen atoms in total. The predicted octanol–water partition coefficient (Wildman–Crippen LogP) is 2.82. The van der Waals surface area contributed by atoms with Crippen LogP contribution in [0.2, 0.25) is 0 Å². The van der Waals surface area contributed by atoms with Gasteiger partial charge in [0, 0.05) is 11.1 Å². The molecule has 1 atom stereocenters. The van der Waals surface area contributed by atoms with Crippen molar-refractivity contribution < 1.29 is 27.5 Å². The molecule has 7 heteroatoms. The third-order valence-corrected chi connectivity index (χ3v) is 3.61. The number of rotatable bonds is 5. The van der Waals surface area contributed by atoms with Crippen molar-refractivity contribution in [2.24, 2.45) is 0 Å². The van der Waals surface area contributed by atoms with E-state index in [2.05, 4.69) is 5.32 Å². The molecule has 24 heavy (non-hydrogen) atoms. The topological polar surface area (TPSA) is 75.6 Å². The second-order valence-corrected chi connectivity index (χ2v) is 5.16. The van der Waals surface area contributed by atoms with Crippen LogP contribution in [0.1, 0.15) is 21.7 Å². The molecule has 0 aliphatic heterocycles. The minimum atomic E-state index is -1.66. The lowest BCUT2D eigenvalue weighted by atomic mass is 9.93. The van der Waals surface area contributed by atoms with Gasteiger partial charge in [-0.25, -0.2) is 8.78 Å². The molecule has 2 aromatic heterocycles. The van der Waals surface area contributed by atoms with Crippen LogP contribution in [0.15, 0.2) is 64.0 Å². The average molecular weight is 333 g/mol. The maximum Gasteiger partial charge on any atom is 0.251 e. The van der Waals surface area contributed by atoms with E-state index < -0.39 is 23.1 Å². The van der Waals surface area contributed by atoms with E-state index in [-0.39, 0.29) is 17.9 Å². The van der Waals surface area contributed by atoms with Gasteiger partial charge in [-0.15, -0.1) is 0 Å². The van der Waals surface area contributed by atoms with Crippen LogP contribution in [0, 0.1) is 11.6 Å². The fourth-order valence-corrected chi connectivity index (χ4v) is 2.29. The average Bonchev–Trinajstić information content (AvgIpc) is 3.28. The summed E-state index contributed by atoms with van der Waals surface area (Å²) in [5, 5.41) is 13.4. The summed E-state index contributed by atoms with van der Waals surface area (Å²) in [6.07, 6.45) is 4.09. The number of carbonyl (C=O) groups excluding carboxylic acids is 1. The minimum Gasteiger partial charge on any atom is -0.472 e. The van der Waals surface area contributed by atoms with E-state index in [0.29, 0.717) is 5.56 Å². The molecule has 124 valence electrons. The molecular formula is C17H13F2NO4. The van der Waals surface area contributed by atoms with Crippen LogP contribution in [0.3, 0.4) is 0 Å². The Hall–Kier alpha value is -2.93. The molecule has 3 aromatic rings. The molecule has 1 unspecified atom stereocenters. The first-order valence-electron chi connectivity index (χ1n) is 7.03. The largest absolute Gasteiger partial charge is 0.472 e. The first-order valence-corrected chi connectivity index (χ1v) is 7.03. The number of hydrogen-bond donors (Lipinski definition) is 2. The number of benzene rings is 1. The normalized spacial score (nSPS) is 13.5. The Balaban J connectivity index is 1.82. The Kier molecular flexibility index (Phi) is 4.18. The van der Waals surface area contributed by atoms with E-state index in [9.17, 15) is 18.7 Å². The highest BCUT2D eigenvalue weighted by molar-refractivity contribution is 5.94. The smallest absolute Gasteiger partial charge is 0.251 e. The molecule has 1 aromatic carbocycles. The molecule has 0 fully saturated rings. The minimum absolute atomic E-state index is 0.0668. The third kappa shape index (κ3) is 2.93. The van der Waals surface area contributed by atoms with E-state index >= 15 is 0 Å². The first-order chi connectivity index (χ1) is 11.5. The molecule has 0 radical (unpaired) electrons. The van der Waals surface area contributed by atoms with Crippen molar-refractivity contribution in [3.63, 3.8) is 0 Å². The van der Waals surface area contributed by atoms with E-state index in [1.165, 1.54) is 24.9 Å². The molecule has 2 N–H and O–H groups in total. The van der Waals surface area contributed by atoms with Crippen molar-refractivity contribution in [2.75, 3.05) is 6.54 Å². The molecule has 0 bridgehead atoms. The summed E-state index contributed by atoms with van der Waals surface area (Å²) in [6.45, 7) is -0.252. The summed E-state index contributed by atoms with van der Waals surface area (Å²) in [5.74, 6) is -2.63. The lowest BCUT2D eigenvalue weighted by Crippen LogP contribution is -2.41. The Bertz CT molecular complexity index is 794. The van der Waals surface area contributed by atoms with Crippen LogP contribution < -0.4 is 5.32 Å². The number of hydrogen-bond acceptors (Lipinski definition) is 4. The van der Waals surface area contributed by atoms with Gasteiger partial charge in [0.05, 0.1) is 25.3 Å². The van der Waals surface area contributed by atoms with Gasteiger partial charge >= 0.3 is 0 Å². The SMILES string of the molecule is O=C(NCC(O)(c1ccoc1)c1ccco1)c1ccc(F)c(F)c1. The van der Waals surface area contributed by atoms with Crippen LogP contribution >= 0.6 is 0 Å². The summed E-state index contributed by atoms with van der Waals surface area (Å²) in [6, 6.07) is 7.48. The van der Waals surface area contributed by atoms with Gasteiger partial charge in [0.1, 0.15) is 5.76 Å². The zero-order valence-corrected chi connectivity index (χ0v) is 12.3. The summed E-state index contributed by atoms with van der Waals surface area (Å²) in [4.78, 5) is 12.1. The molecule has 0 saturated heterocycles. The monoisotopic (exact) mass is 333 g/mol. The van der Waals surface area contributed by atoms with Gasteiger partial charge in [0.15, 0.2) is 17.2 Å². The van der Waals surface area contributed by atoms with Gasteiger partial charge < -0.3 is 19.3 Å². The van der Waals surface area contributed by atoms with E-state index in [1.807, 2.05) is 0 Å². The highest BCUT2D eigenvalue weighted by Gasteiger charge is 2.36. The maximum atomic E-state index is 13.2. The Morgan fingerprint density at radius 3 is 2.62 bits per heavy atom. The van der Waals surface area contributed by atoms with Crippen molar-refractivity contribution in [3.8, 4) is 0 Å². The van der Waals surface area contributed by atoms with Crippen LogP contribution in [0.25, 0.3) is 0 Å². The van der Waals surface area contributed by atoms with Crippen molar-refractivity contribution in [2.45, 2.75) is 5.60 Å². The highest BCUT2D eigenvalue weighted by atomic mass is 19.2. The first kappa shape index (κ1) is 15.9. The van der Waals surface area contributed by atoms with Gasteiger partial charge in [0.2, 0.25) is 0 Å². The number of halogens is 2. The lowest BCUT2D eigenvalue weighted by Gasteiger charge is -2.25. The fourth-order valence-electron chi connectivity index (χ4n) is 2.29. The van der Waals surface area contributed by atoms with Crippen LogP contribution in [0.5, 0.6) is 0 Å². The van der Waals surface area contributed by atoms with Gasteiger partial charge in [0.25, 0.3) is 5.91 Å². The van der Waals surface area contributed by atoms with Crippen LogP contribution in [0.4, 0.5) is 8.78 Å². The van der Waals surface area contributed by atoms with Gasteiger partial charge in [-0.3, -0.25) is 4.79 Å². The number of aliphatic hydroxyl groups is 1. The molecule has 0 aliphatic rings.